The molecule has 3 heteroatoms. The normalized spacial score (nSPS) is 27.9. The Kier molecular flexibility index (Phi) is 6.45. The van der Waals surface area contributed by atoms with Crippen molar-refractivity contribution in [1.82, 2.24) is 0 Å². The number of hydrogen-bond donors (Lipinski definition) is 0. The molecule has 4 saturated carbocycles. The summed E-state index contributed by atoms with van der Waals surface area (Å²) in [5.41, 5.74) is 9.22. The Morgan fingerprint density at radius 1 is 0.727 bits per heavy atom. The van der Waals surface area contributed by atoms with Crippen LogP contribution in [-0.2, 0) is 17.4 Å². The number of hydrogen-bond acceptors (Lipinski definition) is 0. The minimum atomic E-state index is -1.68. The molecular weight excluding hydrogens is 479 g/mol. The topological polar surface area (TPSA) is 0 Å². The van der Waals surface area contributed by atoms with Gasteiger partial charge < -0.3 is 24.8 Å². The van der Waals surface area contributed by atoms with Crippen LogP contribution >= 0.6 is 0 Å². The van der Waals surface area contributed by atoms with Gasteiger partial charge >= 0.3 is 193 Å². The number of halogens is 2. The van der Waals surface area contributed by atoms with Gasteiger partial charge in [-0.25, -0.2) is 0 Å². The van der Waals surface area contributed by atoms with Crippen LogP contribution in [0.5, 0.6) is 0 Å². The fourth-order valence-electron chi connectivity index (χ4n) is 8.10. The van der Waals surface area contributed by atoms with Gasteiger partial charge in [0.05, 0.1) is 0 Å². The van der Waals surface area contributed by atoms with Gasteiger partial charge in [0.2, 0.25) is 0 Å². The van der Waals surface area contributed by atoms with E-state index in [-0.39, 0.29) is 24.8 Å². The Morgan fingerprint density at radius 3 is 1.76 bits per heavy atom. The van der Waals surface area contributed by atoms with Crippen LogP contribution in [0.15, 0.2) is 58.5 Å². The van der Waals surface area contributed by atoms with E-state index in [2.05, 4.69) is 72.3 Å². The summed E-state index contributed by atoms with van der Waals surface area (Å²) >= 11 is -1.68. The third kappa shape index (κ3) is 3.72. The third-order valence-electron chi connectivity index (χ3n) is 9.06. The van der Waals surface area contributed by atoms with E-state index in [1.54, 1.807) is 28.7 Å². The van der Waals surface area contributed by atoms with Gasteiger partial charge in [-0.3, -0.25) is 0 Å². The summed E-state index contributed by atoms with van der Waals surface area (Å²) in [6, 6.07) is 14.7. The molecule has 4 fully saturated rings. The number of benzene rings is 2. The molecule has 0 saturated heterocycles. The number of allylic oxidation sites excluding steroid dienone is 4. The first-order valence-electron chi connectivity index (χ1n) is 12.5. The summed E-state index contributed by atoms with van der Waals surface area (Å²) in [5, 5.41) is 0. The van der Waals surface area contributed by atoms with Crippen LogP contribution in [0.1, 0.15) is 65.0 Å². The van der Waals surface area contributed by atoms with Crippen molar-refractivity contribution in [3.63, 3.8) is 0 Å². The first kappa shape index (κ1) is 23.8. The number of aryl methyl sites for hydroxylation is 2. The second-order valence-corrected chi connectivity index (χ2v) is 15.2. The van der Waals surface area contributed by atoms with E-state index in [9.17, 15) is 0 Å². The summed E-state index contributed by atoms with van der Waals surface area (Å²) < 4.78 is 4.66. The first-order chi connectivity index (χ1) is 15.2. The number of rotatable bonds is 2. The van der Waals surface area contributed by atoms with Gasteiger partial charge in [-0.05, 0) is 0 Å². The maximum absolute atomic E-state index is 2.55. The Hall–Kier alpha value is -0.916. The summed E-state index contributed by atoms with van der Waals surface area (Å²) in [6.45, 7) is 4.52. The van der Waals surface area contributed by atoms with E-state index < -0.39 is 17.4 Å². The summed E-state index contributed by atoms with van der Waals surface area (Å²) in [7, 11) is 0. The van der Waals surface area contributed by atoms with Crippen LogP contribution in [0.2, 0.25) is 0 Å². The molecule has 0 aromatic heterocycles. The Balaban J connectivity index is 0.00000114. The summed E-state index contributed by atoms with van der Waals surface area (Å²) in [4.78, 5) is 0. The third-order valence-corrected chi connectivity index (χ3v) is 14.8. The molecule has 0 aliphatic heterocycles. The molecule has 2 aromatic rings. The van der Waals surface area contributed by atoms with E-state index in [0.717, 1.165) is 23.7 Å². The SMILES string of the molecule is Cc1ccc2c(c1)-c1cc(C)ccc1[CH]2[Ti+2]([C]1=CC=CC1)=[C]1C2CC3CC(C2)CC1C3.[Cl-].[Cl-]. The van der Waals surface area contributed by atoms with Crippen LogP contribution in [0.4, 0.5) is 0 Å². The molecule has 8 rings (SSSR count). The Labute approximate surface area is 217 Å². The van der Waals surface area contributed by atoms with Gasteiger partial charge in [-0.1, -0.05) is 0 Å². The number of fused-ring (bicyclic) bond motifs is 3. The van der Waals surface area contributed by atoms with Crippen molar-refractivity contribution < 1.29 is 42.2 Å². The molecule has 0 unspecified atom stereocenters. The molecule has 170 valence electrons. The van der Waals surface area contributed by atoms with Crippen molar-refractivity contribution >= 4 is 3.81 Å². The second kappa shape index (κ2) is 8.94. The van der Waals surface area contributed by atoms with Crippen LogP contribution in [0.25, 0.3) is 11.1 Å². The predicted molar refractivity (Wildman–Crippen MR) is 127 cm³/mol. The van der Waals surface area contributed by atoms with Crippen molar-refractivity contribution in [3.8, 4) is 11.1 Å². The molecule has 6 aliphatic rings. The van der Waals surface area contributed by atoms with Gasteiger partial charge in [0.1, 0.15) is 0 Å². The van der Waals surface area contributed by atoms with Crippen molar-refractivity contribution in [3.05, 3.63) is 80.8 Å². The zero-order chi connectivity index (χ0) is 20.7. The quantitative estimate of drug-likeness (QED) is 0.537. The molecule has 0 radical (unpaired) electrons. The smallest absolute Gasteiger partial charge is 1.00 e. The zero-order valence-corrected chi connectivity index (χ0v) is 22.7. The molecule has 0 nitrogen and oxygen atoms in total. The van der Waals surface area contributed by atoms with Crippen molar-refractivity contribution in [2.75, 3.05) is 0 Å². The predicted octanol–water partition coefficient (Wildman–Crippen LogP) is 1.47. The van der Waals surface area contributed by atoms with E-state index in [1.807, 2.05) is 3.88 Å². The van der Waals surface area contributed by atoms with E-state index in [1.165, 1.54) is 43.2 Å². The summed E-state index contributed by atoms with van der Waals surface area (Å²) in [6.07, 6.45) is 16.2. The minimum absolute atomic E-state index is 0. The van der Waals surface area contributed by atoms with Gasteiger partial charge in [-0.2, -0.15) is 0 Å². The van der Waals surface area contributed by atoms with Crippen LogP contribution in [0.3, 0.4) is 0 Å². The average molecular weight is 511 g/mol. The van der Waals surface area contributed by atoms with Crippen molar-refractivity contribution in [2.45, 2.75) is 56.6 Å². The molecule has 2 aromatic carbocycles. The summed E-state index contributed by atoms with van der Waals surface area (Å²) in [5.74, 6) is 4.01. The van der Waals surface area contributed by atoms with Crippen LogP contribution in [-0.4, -0.2) is 3.81 Å². The maximum Gasteiger partial charge on any atom is -1.00 e. The maximum atomic E-state index is 2.55. The van der Waals surface area contributed by atoms with Crippen molar-refractivity contribution in [2.24, 2.45) is 23.7 Å². The molecule has 0 heterocycles. The molecular formula is C30H32Cl2Ti. The van der Waals surface area contributed by atoms with Gasteiger partial charge in [0.15, 0.2) is 0 Å². The fourth-order valence-corrected chi connectivity index (χ4v) is 14.6. The minimum Gasteiger partial charge on any atom is -1.00 e. The second-order valence-electron chi connectivity index (χ2n) is 11.1. The van der Waals surface area contributed by atoms with Crippen molar-refractivity contribution in [1.29, 1.82) is 0 Å². The Bertz CT molecular complexity index is 1120. The van der Waals surface area contributed by atoms with Gasteiger partial charge in [0.25, 0.3) is 0 Å². The van der Waals surface area contributed by atoms with Gasteiger partial charge in [0, 0.05) is 0 Å². The largest absolute Gasteiger partial charge is 1.00 e. The monoisotopic (exact) mass is 510 g/mol. The van der Waals surface area contributed by atoms with Crippen LogP contribution in [0, 0.1) is 37.5 Å². The average Bonchev–Trinajstić information content (AvgIpc) is 3.37. The molecule has 6 aliphatic carbocycles. The molecule has 4 bridgehead atoms. The van der Waals surface area contributed by atoms with Crippen LogP contribution < -0.4 is 24.8 Å². The molecule has 0 spiro atoms. The standard InChI is InChI=1S/C15H13.C10H14.C5H5.2ClH.Ti/c1-10-3-5-12-9-13-6-4-11(2)8-15(13)14(12)7-10;1-7-2-9-4-8(1)5-10(3-7)6-9;1-2-4-5-3-1;;;/h3-9H,1-2H3;7-10H,1-5H2;1-3H,4H2;2*1H;/q;;;;;+2/p-2. The fraction of sp³-hybridized carbons (Fsp3) is 0.433. The molecule has 0 atom stereocenters. The van der Waals surface area contributed by atoms with Gasteiger partial charge in [-0.15, -0.1) is 0 Å². The first-order valence-corrected chi connectivity index (χ1v) is 14.9. The molecule has 0 N–H and O–H groups in total. The Morgan fingerprint density at radius 2 is 1.27 bits per heavy atom. The van der Waals surface area contributed by atoms with E-state index >= 15 is 0 Å². The molecule has 0 amide bonds. The van der Waals surface area contributed by atoms with E-state index in [4.69, 9.17) is 0 Å². The zero-order valence-electron chi connectivity index (χ0n) is 19.6. The molecule has 33 heavy (non-hydrogen) atoms. The van der Waals surface area contributed by atoms with E-state index in [0.29, 0.717) is 4.22 Å².